The van der Waals surface area contributed by atoms with Crippen molar-refractivity contribution >= 4 is 31.6 Å². The van der Waals surface area contributed by atoms with E-state index in [0.717, 1.165) is 31.9 Å². The normalized spacial score (nSPS) is 21.9. The van der Waals surface area contributed by atoms with E-state index in [1.54, 1.807) is 0 Å². The summed E-state index contributed by atoms with van der Waals surface area (Å²) in [4.78, 5) is 13.0. The molecule has 0 aromatic heterocycles. The second-order valence-corrected chi connectivity index (χ2v) is 11.6. The number of nitrogens with zero attached hydrogens (tertiary/aromatic N) is 2. The Labute approximate surface area is 178 Å². The van der Waals surface area contributed by atoms with Crippen LogP contribution in [0.4, 0.5) is 5.69 Å². The summed E-state index contributed by atoms with van der Waals surface area (Å²) in [5.41, 5.74) is 0.208. The molecule has 1 amide bonds. The second kappa shape index (κ2) is 9.21. The lowest BCUT2D eigenvalue weighted by Gasteiger charge is -2.32. The number of nitrogens with one attached hydrogen (secondary N) is 1. The van der Waals surface area contributed by atoms with Crippen molar-refractivity contribution in [2.24, 2.45) is 0 Å². The number of anilines is 1. The standard InChI is InChI=1S/C19H29N3O6S2/c1-28-18-10-9-15(30(26,27)21-11-5-3-6-12-21)14-16(18)20-19(23)17-8-4-7-13-22(17)29(2,24)25/h9-10,14,17H,3-8,11-13H2,1-2H3,(H,20,23). The van der Waals surface area contributed by atoms with Crippen LogP contribution in [0.5, 0.6) is 5.75 Å². The third kappa shape index (κ3) is 4.96. The van der Waals surface area contributed by atoms with Crippen molar-refractivity contribution in [2.45, 2.75) is 49.5 Å². The Morgan fingerprint density at radius 2 is 1.70 bits per heavy atom. The van der Waals surface area contributed by atoms with Gasteiger partial charge in [-0.15, -0.1) is 0 Å². The SMILES string of the molecule is COc1ccc(S(=O)(=O)N2CCCCC2)cc1NC(=O)C1CCCCN1S(C)(=O)=O. The molecule has 11 heteroatoms. The Balaban J connectivity index is 1.87. The first kappa shape index (κ1) is 23.0. The van der Waals surface area contributed by atoms with Crippen LogP contribution >= 0.6 is 0 Å². The molecule has 0 radical (unpaired) electrons. The molecule has 1 aromatic rings. The average Bonchev–Trinajstić information content (AvgIpc) is 2.73. The molecule has 0 spiro atoms. The van der Waals surface area contributed by atoms with E-state index in [-0.39, 0.29) is 17.1 Å². The molecule has 1 aromatic carbocycles. The van der Waals surface area contributed by atoms with Crippen LogP contribution in [0.25, 0.3) is 0 Å². The molecule has 1 N–H and O–H groups in total. The summed E-state index contributed by atoms with van der Waals surface area (Å²) < 4.78 is 58.1. The zero-order valence-corrected chi connectivity index (χ0v) is 19.0. The first-order chi connectivity index (χ1) is 14.1. The van der Waals surface area contributed by atoms with Crippen molar-refractivity contribution in [3.8, 4) is 5.75 Å². The van der Waals surface area contributed by atoms with Crippen LogP contribution < -0.4 is 10.1 Å². The van der Waals surface area contributed by atoms with Crippen LogP contribution in [-0.2, 0) is 24.8 Å². The number of ether oxygens (including phenoxy) is 1. The Bertz CT molecular complexity index is 988. The van der Waals surface area contributed by atoms with Crippen molar-refractivity contribution in [1.29, 1.82) is 0 Å². The van der Waals surface area contributed by atoms with Gasteiger partial charge in [-0.3, -0.25) is 4.79 Å². The zero-order valence-electron chi connectivity index (χ0n) is 17.3. The zero-order chi connectivity index (χ0) is 21.9. The highest BCUT2D eigenvalue weighted by Crippen LogP contribution is 2.31. The van der Waals surface area contributed by atoms with Crippen LogP contribution in [0.2, 0.25) is 0 Å². The lowest BCUT2D eigenvalue weighted by molar-refractivity contribution is -0.120. The van der Waals surface area contributed by atoms with Gasteiger partial charge in [0.25, 0.3) is 0 Å². The molecule has 2 heterocycles. The predicted molar refractivity (Wildman–Crippen MR) is 113 cm³/mol. The quantitative estimate of drug-likeness (QED) is 0.692. The number of hydrogen-bond acceptors (Lipinski definition) is 6. The summed E-state index contributed by atoms with van der Waals surface area (Å²) in [7, 11) is -5.80. The van der Waals surface area contributed by atoms with Gasteiger partial charge in [-0.25, -0.2) is 16.8 Å². The molecule has 30 heavy (non-hydrogen) atoms. The molecular weight excluding hydrogens is 430 g/mol. The Hall–Kier alpha value is -1.69. The fourth-order valence-corrected chi connectivity index (χ4v) is 6.65. The molecule has 0 aliphatic carbocycles. The van der Waals surface area contributed by atoms with Crippen molar-refractivity contribution in [3.63, 3.8) is 0 Å². The van der Waals surface area contributed by atoms with Gasteiger partial charge in [-0.05, 0) is 43.9 Å². The van der Waals surface area contributed by atoms with Gasteiger partial charge in [-0.1, -0.05) is 12.8 Å². The van der Waals surface area contributed by atoms with E-state index in [0.29, 0.717) is 31.7 Å². The van der Waals surface area contributed by atoms with Gasteiger partial charge >= 0.3 is 0 Å². The van der Waals surface area contributed by atoms with E-state index >= 15 is 0 Å². The molecule has 1 unspecified atom stereocenters. The third-order valence-electron chi connectivity index (χ3n) is 5.56. The third-order valence-corrected chi connectivity index (χ3v) is 8.75. The number of hydrogen-bond donors (Lipinski definition) is 1. The molecule has 3 rings (SSSR count). The number of benzene rings is 1. The molecule has 9 nitrogen and oxygen atoms in total. The number of carbonyl (C=O) groups excluding carboxylic acids is 1. The van der Waals surface area contributed by atoms with Crippen molar-refractivity contribution < 1.29 is 26.4 Å². The van der Waals surface area contributed by atoms with E-state index in [1.165, 1.54) is 33.9 Å². The van der Waals surface area contributed by atoms with Gasteiger partial charge in [0.1, 0.15) is 11.8 Å². The van der Waals surface area contributed by atoms with E-state index in [1.807, 2.05) is 0 Å². The second-order valence-electron chi connectivity index (χ2n) is 7.70. The average molecular weight is 460 g/mol. The summed E-state index contributed by atoms with van der Waals surface area (Å²) in [5, 5.41) is 2.70. The number of carbonyl (C=O) groups is 1. The van der Waals surface area contributed by atoms with Crippen LogP contribution in [0.1, 0.15) is 38.5 Å². The highest BCUT2D eigenvalue weighted by atomic mass is 32.2. The van der Waals surface area contributed by atoms with E-state index in [9.17, 15) is 21.6 Å². The topological polar surface area (TPSA) is 113 Å². The number of piperidine rings is 2. The van der Waals surface area contributed by atoms with Gasteiger partial charge in [0.05, 0.1) is 23.9 Å². The lowest BCUT2D eigenvalue weighted by Crippen LogP contribution is -2.49. The fourth-order valence-electron chi connectivity index (χ4n) is 3.98. The Morgan fingerprint density at radius 1 is 1.03 bits per heavy atom. The molecule has 2 fully saturated rings. The Morgan fingerprint density at radius 3 is 2.33 bits per heavy atom. The predicted octanol–water partition coefficient (Wildman–Crippen LogP) is 1.62. The van der Waals surface area contributed by atoms with Crippen molar-refractivity contribution in [1.82, 2.24) is 8.61 Å². The van der Waals surface area contributed by atoms with Crippen molar-refractivity contribution in [2.75, 3.05) is 38.3 Å². The molecule has 2 aliphatic rings. The van der Waals surface area contributed by atoms with E-state index in [2.05, 4.69) is 5.32 Å². The highest BCUT2D eigenvalue weighted by molar-refractivity contribution is 7.89. The maximum absolute atomic E-state index is 13.0. The molecule has 168 valence electrons. The molecule has 0 saturated carbocycles. The van der Waals surface area contributed by atoms with Crippen LogP contribution in [0, 0.1) is 0 Å². The summed E-state index contributed by atoms with van der Waals surface area (Å²) >= 11 is 0. The molecule has 2 saturated heterocycles. The van der Waals surface area contributed by atoms with E-state index in [4.69, 9.17) is 4.74 Å². The van der Waals surface area contributed by atoms with Gasteiger partial charge in [-0.2, -0.15) is 8.61 Å². The number of sulfonamides is 2. The number of methoxy groups -OCH3 is 1. The van der Waals surface area contributed by atoms with Gasteiger partial charge in [0, 0.05) is 19.6 Å². The number of amides is 1. The summed E-state index contributed by atoms with van der Waals surface area (Å²) in [6.07, 6.45) is 5.59. The minimum atomic E-state index is -3.68. The van der Waals surface area contributed by atoms with Gasteiger partial charge < -0.3 is 10.1 Å². The van der Waals surface area contributed by atoms with Crippen LogP contribution in [0.15, 0.2) is 23.1 Å². The van der Waals surface area contributed by atoms with Gasteiger partial charge in [0.15, 0.2) is 0 Å². The van der Waals surface area contributed by atoms with Crippen LogP contribution in [-0.4, -0.2) is 70.4 Å². The van der Waals surface area contributed by atoms with Crippen molar-refractivity contribution in [3.05, 3.63) is 18.2 Å². The minimum Gasteiger partial charge on any atom is -0.495 e. The first-order valence-electron chi connectivity index (χ1n) is 10.1. The first-order valence-corrected chi connectivity index (χ1v) is 13.4. The maximum atomic E-state index is 13.0. The Kier molecular flexibility index (Phi) is 7.05. The molecule has 2 aliphatic heterocycles. The molecule has 1 atom stereocenters. The minimum absolute atomic E-state index is 0.0733. The fraction of sp³-hybridized carbons (Fsp3) is 0.632. The molecule has 0 bridgehead atoms. The largest absolute Gasteiger partial charge is 0.495 e. The molecular formula is C19H29N3O6S2. The lowest BCUT2D eigenvalue weighted by atomic mass is 10.0. The number of rotatable bonds is 6. The summed E-state index contributed by atoms with van der Waals surface area (Å²) in [6.45, 7) is 1.24. The van der Waals surface area contributed by atoms with Gasteiger partial charge in [0.2, 0.25) is 26.0 Å². The van der Waals surface area contributed by atoms with Crippen LogP contribution in [0.3, 0.4) is 0 Å². The summed E-state index contributed by atoms with van der Waals surface area (Å²) in [6, 6.07) is 3.51. The maximum Gasteiger partial charge on any atom is 0.243 e. The monoisotopic (exact) mass is 459 g/mol. The van der Waals surface area contributed by atoms with E-state index < -0.39 is 32.0 Å². The summed E-state index contributed by atoms with van der Waals surface area (Å²) in [5.74, 6) is -0.186. The smallest absolute Gasteiger partial charge is 0.243 e. The highest BCUT2D eigenvalue weighted by Gasteiger charge is 2.35.